The summed E-state index contributed by atoms with van der Waals surface area (Å²) in [7, 11) is 0. The van der Waals surface area contributed by atoms with Crippen LogP contribution >= 0.6 is 15.9 Å². The molecule has 2 aromatic rings. The van der Waals surface area contributed by atoms with E-state index in [2.05, 4.69) is 15.9 Å². The van der Waals surface area contributed by atoms with Gasteiger partial charge in [-0.1, -0.05) is 0 Å². The molecule has 3 rings (SSSR count). The van der Waals surface area contributed by atoms with Crippen LogP contribution in [-0.4, -0.2) is 30.9 Å². The molecule has 0 spiro atoms. The number of aliphatic hydroxyl groups is 1. The Bertz CT molecular complexity index is 676. The second kappa shape index (κ2) is 5.26. The number of hydrogen-bond acceptors (Lipinski definition) is 2. The number of aromatic nitrogens is 1. The van der Waals surface area contributed by atoms with E-state index < -0.39 is 11.6 Å². The van der Waals surface area contributed by atoms with E-state index in [1.54, 1.807) is 12.1 Å². The summed E-state index contributed by atoms with van der Waals surface area (Å²) in [6.45, 7) is 0. The van der Waals surface area contributed by atoms with Gasteiger partial charge < -0.3 is 0 Å². The summed E-state index contributed by atoms with van der Waals surface area (Å²) in [5.41, 5.74) is 0.212. The molecule has 0 aliphatic heterocycles. The van der Waals surface area contributed by atoms with Crippen molar-refractivity contribution >= 4 is 42.1 Å². The summed E-state index contributed by atoms with van der Waals surface area (Å²) >= 11 is 3.47. The third kappa shape index (κ3) is 2.25. The molecule has 1 aliphatic carbocycles. The molecule has 0 saturated heterocycles. The van der Waals surface area contributed by atoms with Gasteiger partial charge in [0.05, 0.1) is 0 Å². The second-order valence-electron chi connectivity index (χ2n) is 5.23. The maximum absolute atomic E-state index is 11.4. The van der Waals surface area contributed by atoms with Crippen molar-refractivity contribution in [2.45, 2.75) is 37.7 Å². The molecule has 0 atom stereocenters. The van der Waals surface area contributed by atoms with E-state index in [0.29, 0.717) is 5.52 Å². The van der Waals surface area contributed by atoms with E-state index in [1.165, 1.54) is 6.42 Å². The Morgan fingerprint density at radius 1 is 1.35 bits per heavy atom. The van der Waals surface area contributed by atoms with Crippen molar-refractivity contribution in [3.63, 3.8) is 0 Å². The molecule has 0 aromatic carbocycles. The number of nitrogens with zero attached hydrogens (tertiary/aromatic N) is 1. The fourth-order valence-electron chi connectivity index (χ4n) is 2.85. The fourth-order valence-corrected chi connectivity index (χ4v) is 6.70. The first-order chi connectivity index (χ1) is 9.53. The van der Waals surface area contributed by atoms with E-state index in [1.807, 2.05) is 9.59 Å². The fraction of sp³-hybridized carbons (Fsp3) is 0.429. The first kappa shape index (κ1) is 14.3. The van der Waals surface area contributed by atoms with Gasteiger partial charge in [-0.15, -0.1) is 0 Å². The zero-order valence-electron chi connectivity index (χ0n) is 10.8. The van der Waals surface area contributed by atoms with Gasteiger partial charge in [-0.2, -0.15) is 0 Å². The van der Waals surface area contributed by atoms with Crippen LogP contribution in [0.3, 0.4) is 0 Å². The SMILES string of the molecule is O=C(O)c1ccc[n+]2[se]c(C3(O)CCCCC3)c(Br)c12. The molecule has 6 heteroatoms. The Balaban J connectivity index is 2.21. The summed E-state index contributed by atoms with van der Waals surface area (Å²) in [5.74, 6) is -0.931. The summed E-state index contributed by atoms with van der Waals surface area (Å²) in [6, 6.07) is 3.36. The number of fused-ring (bicyclic) bond motifs is 1. The van der Waals surface area contributed by atoms with Gasteiger partial charge >= 0.3 is 131 Å². The van der Waals surface area contributed by atoms with E-state index in [4.69, 9.17) is 0 Å². The average Bonchev–Trinajstić information content (AvgIpc) is 2.78. The van der Waals surface area contributed by atoms with Gasteiger partial charge in [0.15, 0.2) is 0 Å². The van der Waals surface area contributed by atoms with Gasteiger partial charge in [0.25, 0.3) is 0 Å². The maximum atomic E-state index is 11.4. The van der Waals surface area contributed by atoms with Gasteiger partial charge in [-0.3, -0.25) is 0 Å². The zero-order chi connectivity index (χ0) is 14.3. The Labute approximate surface area is 131 Å². The standard InChI is InChI=1S/C14H14BrNO3Se/c15-10-11-9(13(17)18)5-4-8-16(11)20-12(10)14(19)6-2-1-3-7-14/h4-5,8,19H,1-3,6-7H2/p+1. The Hall–Kier alpha value is -0.681. The van der Waals surface area contributed by atoms with Crippen LogP contribution < -0.4 is 3.40 Å². The summed E-state index contributed by atoms with van der Waals surface area (Å²) < 4.78 is 3.72. The topological polar surface area (TPSA) is 61.6 Å². The summed E-state index contributed by atoms with van der Waals surface area (Å²) in [4.78, 5) is 11.4. The predicted octanol–water partition coefficient (Wildman–Crippen LogP) is 2.09. The van der Waals surface area contributed by atoms with Crippen molar-refractivity contribution in [3.05, 3.63) is 32.8 Å². The van der Waals surface area contributed by atoms with E-state index in [9.17, 15) is 15.0 Å². The Morgan fingerprint density at radius 2 is 2.05 bits per heavy atom. The third-order valence-electron chi connectivity index (χ3n) is 3.89. The van der Waals surface area contributed by atoms with Gasteiger partial charge in [-0.05, 0) is 0 Å². The van der Waals surface area contributed by atoms with Crippen LogP contribution in [0, 0.1) is 0 Å². The molecule has 2 N–H and O–H groups in total. The molecule has 2 heterocycles. The average molecular weight is 404 g/mol. The molecule has 4 nitrogen and oxygen atoms in total. The molecule has 1 aliphatic rings. The van der Waals surface area contributed by atoms with E-state index in [0.717, 1.165) is 34.6 Å². The van der Waals surface area contributed by atoms with E-state index >= 15 is 0 Å². The normalized spacial score (nSPS) is 18.3. The quantitative estimate of drug-likeness (QED) is 0.754. The molecule has 0 radical (unpaired) electrons. The Kier molecular flexibility index (Phi) is 3.75. The van der Waals surface area contributed by atoms with Crippen LogP contribution in [0.2, 0.25) is 0 Å². The van der Waals surface area contributed by atoms with Gasteiger partial charge in [0, 0.05) is 0 Å². The molecular formula is C14H15BrNO3Se+. The van der Waals surface area contributed by atoms with Crippen LogP contribution in [0.4, 0.5) is 0 Å². The van der Waals surface area contributed by atoms with Crippen LogP contribution in [0.5, 0.6) is 0 Å². The van der Waals surface area contributed by atoms with Crippen molar-refractivity contribution in [1.29, 1.82) is 0 Å². The Morgan fingerprint density at radius 3 is 2.70 bits per heavy atom. The number of pyridine rings is 1. The zero-order valence-corrected chi connectivity index (χ0v) is 14.1. The molecule has 1 saturated carbocycles. The molecule has 1 fully saturated rings. The van der Waals surface area contributed by atoms with Crippen molar-refractivity contribution in [3.8, 4) is 0 Å². The number of hydrogen-bond donors (Lipinski definition) is 2. The minimum atomic E-state index is -0.931. The predicted molar refractivity (Wildman–Crippen MR) is 78.2 cm³/mol. The molecule has 0 unspecified atom stereocenters. The number of carboxylic acids is 1. The molecule has 2 aromatic heterocycles. The van der Waals surface area contributed by atoms with Gasteiger partial charge in [0.1, 0.15) is 0 Å². The third-order valence-corrected chi connectivity index (χ3v) is 7.91. The molecule has 0 bridgehead atoms. The van der Waals surface area contributed by atoms with Crippen LogP contribution in [-0.2, 0) is 5.60 Å². The molecule has 106 valence electrons. The van der Waals surface area contributed by atoms with Gasteiger partial charge in [-0.25, -0.2) is 0 Å². The van der Waals surface area contributed by atoms with Crippen molar-refractivity contribution in [2.24, 2.45) is 0 Å². The van der Waals surface area contributed by atoms with Crippen LogP contribution in [0.15, 0.2) is 22.8 Å². The van der Waals surface area contributed by atoms with Crippen molar-refractivity contribution in [2.75, 3.05) is 0 Å². The molecule has 0 amide bonds. The summed E-state index contributed by atoms with van der Waals surface area (Å²) in [5, 5.41) is 20.2. The molecule has 20 heavy (non-hydrogen) atoms. The number of carbonyl (C=O) groups is 1. The van der Waals surface area contributed by atoms with E-state index in [-0.39, 0.29) is 20.3 Å². The number of halogens is 1. The first-order valence-electron chi connectivity index (χ1n) is 6.62. The van der Waals surface area contributed by atoms with Crippen molar-refractivity contribution < 1.29 is 18.4 Å². The van der Waals surface area contributed by atoms with Crippen molar-refractivity contribution in [1.82, 2.24) is 0 Å². The minimum absolute atomic E-state index is 0.0777. The number of rotatable bonds is 2. The number of carboxylic acid groups (broad SMARTS) is 1. The molecular weight excluding hydrogens is 389 g/mol. The first-order valence-corrected chi connectivity index (χ1v) is 9.04. The monoisotopic (exact) mass is 404 g/mol. The second-order valence-corrected chi connectivity index (χ2v) is 8.09. The van der Waals surface area contributed by atoms with Crippen LogP contribution in [0.25, 0.3) is 5.52 Å². The van der Waals surface area contributed by atoms with Gasteiger partial charge in [0.2, 0.25) is 0 Å². The summed E-state index contributed by atoms with van der Waals surface area (Å²) in [6.07, 6.45) is 6.67. The van der Waals surface area contributed by atoms with Crippen LogP contribution in [0.1, 0.15) is 46.9 Å². The number of aromatic carboxylic acids is 1.